The maximum Gasteiger partial charge on any atom is 0.122 e. The van der Waals surface area contributed by atoms with E-state index in [1.165, 1.54) is 0 Å². The van der Waals surface area contributed by atoms with Gasteiger partial charge in [-0.1, -0.05) is 0 Å². The molecule has 0 saturated heterocycles. The van der Waals surface area contributed by atoms with E-state index >= 15 is 0 Å². The van der Waals surface area contributed by atoms with E-state index in [1.807, 2.05) is 17.0 Å². The van der Waals surface area contributed by atoms with Crippen LogP contribution in [0.3, 0.4) is 0 Å². The van der Waals surface area contributed by atoms with Crippen LogP contribution in [0.4, 0.5) is 11.4 Å². The second-order valence-corrected chi connectivity index (χ2v) is 5.25. The zero-order valence-corrected chi connectivity index (χ0v) is 13.5. The third kappa shape index (κ3) is 4.37. The molecule has 0 radical (unpaired) electrons. The van der Waals surface area contributed by atoms with Gasteiger partial charge in [0, 0.05) is 35.6 Å². The molecule has 130 valence electrons. The summed E-state index contributed by atoms with van der Waals surface area (Å²) in [6.45, 7) is 1.32. The van der Waals surface area contributed by atoms with E-state index in [0.717, 1.165) is 22.4 Å². The molecule has 1 aromatic carbocycles. The quantitative estimate of drug-likeness (QED) is 0.394. The number of rotatable bonds is 8. The Balaban J connectivity index is 2.45. The van der Waals surface area contributed by atoms with Gasteiger partial charge in [-0.15, -0.1) is 0 Å². The first-order valence-electron chi connectivity index (χ1n) is 7.79. The van der Waals surface area contributed by atoms with Gasteiger partial charge in [0.05, 0.1) is 38.2 Å². The molecule has 24 heavy (non-hydrogen) atoms. The fourth-order valence-corrected chi connectivity index (χ4v) is 2.52. The van der Waals surface area contributed by atoms with Crippen LogP contribution in [-0.2, 0) is 4.74 Å². The standard InChI is InChI=1S/C17H23N3O4/c18-14-1-2-17(20(4-7-22)5-8-23)15(9-14)16-12-24-11-13(16)10-19-3-6-21/h1-2,9,12,21-23H,3-8,11,18H2. The highest BCUT2D eigenvalue weighted by Gasteiger charge is 2.21. The van der Waals surface area contributed by atoms with Crippen LogP contribution in [0.1, 0.15) is 5.56 Å². The van der Waals surface area contributed by atoms with Gasteiger partial charge in [-0.05, 0) is 24.1 Å². The van der Waals surface area contributed by atoms with Crippen LogP contribution < -0.4 is 10.6 Å². The lowest BCUT2D eigenvalue weighted by molar-refractivity contribution is 0.281. The van der Waals surface area contributed by atoms with Crippen LogP contribution in [0, 0.1) is 0 Å². The predicted octanol–water partition coefficient (Wildman–Crippen LogP) is 0.0193. The summed E-state index contributed by atoms with van der Waals surface area (Å²) in [7, 11) is 0. The van der Waals surface area contributed by atoms with E-state index in [1.54, 1.807) is 12.3 Å². The summed E-state index contributed by atoms with van der Waals surface area (Å²) in [5.74, 6) is 2.91. The summed E-state index contributed by atoms with van der Waals surface area (Å²) >= 11 is 0. The molecule has 0 atom stereocenters. The Morgan fingerprint density at radius 1 is 1.17 bits per heavy atom. The topological polar surface area (TPSA) is 112 Å². The molecule has 0 fully saturated rings. The number of anilines is 2. The number of aliphatic hydroxyl groups is 3. The molecule has 1 heterocycles. The number of nitrogens with two attached hydrogens (primary N) is 1. The van der Waals surface area contributed by atoms with Crippen LogP contribution in [0.15, 0.2) is 35.0 Å². The fourth-order valence-electron chi connectivity index (χ4n) is 2.52. The van der Waals surface area contributed by atoms with Crippen LogP contribution in [-0.4, -0.2) is 67.3 Å². The third-order valence-electron chi connectivity index (χ3n) is 3.57. The number of aliphatic hydroxyl groups excluding tert-OH is 3. The Kier molecular flexibility index (Phi) is 6.84. The van der Waals surface area contributed by atoms with Gasteiger partial charge in [-0.3, -0.25) is 0 Å². The van der Waals surface area contributed by atoms with E-state index in [0.29, 0.717) is 25.4 Å². The fraction of sp³-hybridized carbons (Fsp3) is 0.412. The number of nitrogen functional groups attached to an aromatic ring is 1. The van der Waals surface area contributed by atoms with E-state index < -0.39 is 0 Å². The number of nitrogens with zero attached hydrogens (tertiary/aromatic N) is 2. The lowest BCUT2D eigenvalue weighted by atomic mass is 9.98. The highest BCUT2D eigenvalue weighted by Crippen LogP contribution is 2.35. The lowest BCUT2D eigenvalue weighted by Gasteiger charge is -2.26. The maximum atomic E-state index is 9.29. The van der Waals surface area contributed by atoms with Crippen molar-refractivity contribution in [2.75, 3.05) is 56.7 Å². The second kappa shape index (κ2) is 9.10. The van der Waals surface area contributed by atoms with Crippen LogP contribution >= 0.6 is 0 Å². The van der Waals surface area contributed by atoms with Gasteiger partial charge in [-0.25, -0.2) is 4.99 Å². The van der Waals surface area contributed by atoms with Crippen molar-refractivity contribution in [3.05, 3.63) is 35.6 Å². The van der Waals surface area contributed by atoms with Crippen molar-refractivity contribution in [1.82, 2.24) is 0 Å². The predicted molar refractivity (Wildman–Crippen MR) is 94.1 cm³/mol. The minimum atomic E-state index is -0.0372. The Labute approximate surface area is 141 Å². The molecule has 0 spiro atoms. The molecule has 5 N–H and O–H groups in total. The molecule has 0 amide bonds. The van der Waals surface area contributed by atoms with Crippen molar-refractivity contribution in [2.45, 2.75) is 0 Å². The van der Waals surface area contributed by atoms with Crippen molar-refractivity contribution in [3.8, 4) is 0 Å². The first-order valence-corrected chi connectivity index (χ1v) is 7.79. The van der Waals surface area contributed by atoms with Gasteiger partial charge in [0.15, 0.2) is 0 Å². The molecule has 1 aromatic rings. The van der Waals surface area contributed by atoms with Crippen LogP contribution in [0.2, 0.25) is 0 Å². The first-order chi connectivity index (χ1) is 11.7. The number of aliphatic imine (C=N–C) groups is 1. The van der Waals surface area contributed by atoms with Crippen molar-refractivity contribution >= 4 is 22.8 Å². The molecule has 7 heteroatoms. The van der Waals surface area contributed by atoms with Crippen molar-refractivity contribution < 1.29 is 20.1 Å². The van der Waals surface area contributed by atoms with Crippen LogP contribution in [0.25, 0.3) is 5.57 Å². The summed E-state index contributed by atoms with van der Waals surface area (Å²) in [5, 5.41) is 27.4. The Morgan fingerprint density at radius 2 is 1.92 bits per heavy atom. The Bertz CT molecular complexity index is 645. The smallest absolute Gasteiger partial charge is 0.122 e. The molecule has 7 nitrogen and oxygen atoms in total. The zero-order valence-electron chi connectivity index (χ0n) is 13.5. The summed E-state index contributed by atoms with van der Waals surface area (Å²) in [5.41, 5.74) is 9.78. The molecular formula is C17H23N3O4. The summed E-state index contributed by atoms with van der Waals surface area (Å²) in [6.07, 6.45) is 1.63. The molecule has 0 aromatic heterocycles. The number of ether oxygens (including phenoxy) is 1. The van der Waals surface area contributed by atoms with E-state index in [2.05, 4.69) is 10.9 Å². The number of benzene rings is 1. The van der Waals surface area contributed by atoms with Gasteiger partial charge in [-0.2, -0.15) is 0 Å². The lowest BCUT2D eigenvalue weighted by Crippen LogP contribution is -2.30. The summed E-state index contributed by atoms with van der Waals surface area (Å²) < 4.78 is 5.41. The highest BCUT2D eigenvalue weighted by atomic mass is 16.5. The van der Waals surface area contributed by atoms with Crippen molar-refractivity contribution in [3.63, 3.8) is 0 Å². The molecule has 1 aliphatic rings. The summed E-state index contributed by atoms with van der Waals surface area (Å²) in [4.78, 5) is 5.92. The Morgan fingerprint density at radius 3 is 2.58 bits per heavy atom. The molecule has 2 rings (SSSR count). The molecule has 1 aliphatic heterocycles. The van der Waals surface area contributed by atoms with Gasteiger partial charge in [0.1, 0.15) is 6.61 Å². The average molecular weight is 333 g/mol. The Hall–Kier alpha value is -2.31. The maximum absolute atomic E-state index is 9.29. The minimum Gasteiger partial charge on any atom is -0.495 e. The highest BCUT2D eigenvalue weighted by molar-refractivity contribution is 5.94. The molecular weight excluding hydrogens is 310 g/mol. The largest absolute Gasteiger partial charge is 0.495 e. The van der Waals surface area contributed by atoms with Gasteiger partial charge < -0.3 is 30.7 Å². The molecule has 0 aliphatic carbocycles. The number of hydrogen-bond donors (Lipinski definition) is 4. The van der Waals surface area contributed by atoms with Gasteiger partial charge in [0.25, 0.3) is 0 Å². The second-order valence-electron chi connectivity index (χ2n) is 5.25. The van der Waals surface area contributed by atoms with Crippen molar-refractivity contribution in [1.29, 1.82) is 0 Å². The van der Waals surface area contributed by atoms with E-state index in [4.69, 9.17) is 15.6 Å². The van der Waals surface area contributed by atoms with Crippen LogP contribution in [0.5, 0.6) is 0 Å². The van der Waals surface area contributed by atoms with Crippen molar-refractivity contribution in [2.24, 2.45) is 4.99 Å². The van der Waals surface area contributed by atoms with E-state index in [-0.39, 0.29) is 26.4 Å². The van der Waals surface area contributed by atoms with E-state index in [9.17, 15) is 10.2 Å². The van der Waals surface area contributed by atoms with Gasteiger partial charge in [0.2, 0.25) is 0 Å². The molecule has 0 unspecified atom stereocenters. The first kappa shape index (κ1) is 18.0. The summed E-state index contributed by atoms with van der Waals surface area (Å²) in [6, 6.07) is 5.46. The molecule has 0 bridgehead atoms. The number of hydrogen-bond acceptors (Lipinski definition) is 7. The zero-order chi connectivity index (χ0) is 17.4. The normalized spacial score (nSPS) is 13.3. The molecule has 0 saturated carbocycles. The average Bonchev–Trinajstić information content (AvgIpc) is 3.03. The monoisotopic (exact) mass is 333 g/mol. The minimum absolute atomic E-state index is 0.0278. The van der Waals surface area contributed by atoms with Gasteiger partial charge >= 0.3 is 0 Å². The SMILES string of the molecule is Nc1ccc(N(CCO)CCO)c(C2=COCC2=C=NCCO)c1. The third-order valence-corrected chi connectivity index (χ3v) is 3.57.